The van der Waals surface area contributed by atoms with E-state index in [-0.39, 0.29) is 5.95 Å². The fourth-order valence-corrected chi connectivity index (χ4v) is 2.16. The third kappa shape index (κ3) is 3.86. The van der Waals surface area contributed by atoms with Gasteiger partial charge in [-0.05, 0) is 24.3 Å². The number of hydrogen-bond acceptors (Lipinski definition) is 6. The van der Waals surface area contributed by atoms with Crippen LogP contribution in [0.4, 0.5) is 30.6 Å². The summed E-state index contributed by atoms with van der Waals surface area (Å²) in [5, 5.41) is 10.6. The molecule has 0 bridgehead atoms. The van der Waals surface area contributed by atoms with E-state index in [0.717, 1.165) is 12.1 Å². The molecule has 2 aromatic rings. The second-order valence-corrected chi connectivity index (χ2v) is 4.94. The van der Waals surface area contributed by atoms with Crippen LogP contribution in [0.25, 0.3) is 0 Å². The molecule has 6 nitrogen and oxygen atoms in total. The van der Waals surface area contributed by atoms with Gasteiger partial charge in [0.2, 0.25) is 5.95 Å². The zero-order valence-corrected chi connectivity index (χ0v) is 12.0. The SMILES string of the molecule is FC(F)(F)c1ccc(Nc2nncc(N3CCOCC3)n2)cc1. The molecule has 1 aromatic carbocycles. The Morgan fingerprint density at radius 3 is 2.43 bits per heavy atom. The number of anilines is 3. The average Bonchev–Trinajstić information content (AvgIpc) is 2.56. The molecule has 23 heavy (non-hydrogen) atoms. The highest BCUT2D eigenvalue weighted by Crippen LogP contribution is 2.30. The Morgan fingerprint density at radius 1 is 1.09 bits per heavy atom. The quantitative estimate of drug-likeness (QED) is 0.935. The Hall–Kier alpha value is -2.42. The maximum atomic E-state index is 12.5. The van der Waals surface area contributed by atoms with Crippen LogP contribution in [0.3, 0.4) is 0 Å². The molecule has 0 atom stereocenters. The number of rotatable bonds is 3. The molecule has 122 valence electrons. The number of nitrogens with zero attached hydrogens (tertiary/aromatic N) is 4. The molecule has 1 aromatic heterocycles. The maximum Gasteiger partial charge on any atom is 0.416 e. The van der Waals surface area contributed by atoms with Crippen molar-refractivity contribution in [3.63, 3.8) is 0 Å². The molecular formula is C14H14F3N5O. The standard InChI is InChI=1S/C14H14F3N5O/c15-14(16,17)10-1-3-11(4-2-10)19-13-20-12(9-18-21-13)22-5-7-23-8-6-22/h1-4,9H,5-8H2,(H,19,20,21). The van der Waals surface area contributed by atoms with Crippen molar-refractivity contribution in [1.82, 2.24) is 15.2 Å². The smallest absolute Gasteiger partial charge is 0.378 e. The van der Waals surface area contributed by atoms with Gasteiger partial charge in [-0.1, -0.05) is 0 Å². The van der Waals surface area contributed by atoms with E-state index in [0.29, 0.717) is 37.8 Å². The number of morpholine rings is 1. The highest BCUT2D eigenvalue weighted by molar-refractivity contribution is 5.55. The summed E-state index contributed by atoms with van der Waals surface area (Å²) in [4.78, 5) is 6.34. The van der Waals surface area contributed by atoms with Crippen LogP contribution < -0.4 is 10.2 Å². The van der Waals surface area contributed by atoms with Crippen molar-refractivity contribution in [3.05, 3.63) is 36.0 Å². The van der Waals surface area contributed by atoms with Crippen molar-refractivity contribution in [2.24, 2.45) is 0 Å². The van der Waals surface area contributed by atoms with Crippen LogP contribution >= 0.6 is 0 Å². The first-order valence-electron chi connectivity index (χ1n) is 6.99. The molecule has 0 amide bonds. The summed E-state index contributed by atoms with van der Waals surface area (Å²) >= 11 is 0. The van der Waals surface area contributed by atoms with Crippen LogP contribution in [-0.2, 0) is 10.9 Å². The van der Waals surface area contributed by atoms with Gasteiger partial charge in [0, 0.05) is 18.8 Å². The molecule has 0 unspecified atom stereocenters. The summed E-state index contributed by atoms with van der Waals surface area (Å²) in [6, 6.07) is 4.66. The normalized spacial score (nSPS) is 15.5. The molecule has 1 saturated heterocycles. The molecule has 9 heteroatoms. The summed E-state index contributed by atoms with van der Waals surface area (Å²) in [5.41, 5.74) is -0.247. The van der Waals surface area contributed by atoms with Gasteiger partial charge in [0.05, 0.1) is 25.0 Å². The van der Waals surface area contributed by atoms with Gasteiger partial charge >= 0.3 is 6.18 Å². The Kier molecular flexibility index (Phi) is 4.28. The molecule has 1 aliphatic heterocycles. The lowest BCUT2D eigenvalue weighted by molar-refractivity contribution is -0.137. The van der Waals surface area contributed by atoms with Gasteiger partial charge in [0.15, 0.2) is 5.82 Å². The number of halogens is 3. The lowest BCUT2D eigenvalue weighted by Crippen LogP contribution is -2.36. The minimum absolute atomic E-state index is 0.230. The van der Waals surface area contributed by atoms with Gasteiger partial charge in [-0.3, -0.25) is 0 Å². The van der Waals surface area contributed by atoms with Gasteiger partial charge in [-0.2, -0.15) is 23.3 Å². The maximum absolute atomic E-state index is 12.5. The van der Waals surface area contributed by atoms with Gasteiger partial charge in [-0.15, -0.1) is 5.10 Å². The number of aromatic nitrogens is 3. The predicted molar refractivity (Wildman–Crippen MR) is 77.6 cm³/mol. The third-order valence-electron chi connectivity index (χ3n) is 3.35. The number of ether oxygens (including phenoxy) is 1. The highest BCUT2D eigenvalue weighted by atomic mass is 19.4. The second-order valence-electron chi connectivity index (χ2n) is 4.94. The van der Waals surface area contributed by atoms with Crippen molar-refractivity contribution in [2.45, 2.75) is 6.18 Å². The van der Waals surface area contributed by atoms with Gasteiger partial charge < -0.3 is 15.0 Å². The van der Waals surface area contributed by atoms with E-state index >= 15 is 0 Å². The van der Waals surface area contributed by atoms with Crippen molar-refractivity contribution in [2.75, 3.05) is 36.5 Å². The summed E-state index contributed by atoms with van der Waals surface area (Å²) in [6.45, 7) is 2.65. The van der Waals surface area contributed by atoms with Crippen LogP contribution in [0.5, 0.6) is 0 Å². The Morgan fingerprint density at radius 2 is 1.78 bits per heavy atom. The third-order valence-corrected chi connectivity index (χ3v) is 3.35. The van der Waals surface area contributed by atoms with E-state index in [9.17, 15) is 13.2 Å². The molecule has 1 N–H and O–H groups in total. The molecule has 0 spiro atoms. The fraction of sp³-hybridized carbons (Fsp3) is 0.357. The van der Waals surface area contributed by atoms with Crippen LogP contribution in [0, 0.1) is 0 Å². The van der Waals surface area contributed by atoms with Crippen molar-refractivity contribution < 1.29 is 17.9 Å². The highest BCUT2D eigenvalue weighted by Gasteiger charge is 2.29. The molecule has 0 saturated carbocycles. The van der Waals surface area contributed by atoms with Crippen LogP contribution in [0.2, 0.25) is 0 Å². The molecular weight excluding hydrogens is 311 g/mol. The fourth-order valence-electron chi connectivity index (χ4n) is 2.16. The minimum atomic E-state index is -4.35. The first-order valence-corrected chi connectivity index (χ1v) is 6.99. The Balaban J connectivity index is 1.72. The van der Waals surface area contributed by atoms with Gasteiger partial charge in [-0.25, -0.2) is 0 Å². The minimum Gasteiger partial charge on any atom is -0.378 e. The number of benzene rings is 1. The molecule has 0 aliphatic carbocycles. The molecule has 1 aliphatic rings. The summed E-state index contributed by atoms with van der Waals surface area (Å²) in [7, 11) is 0. The summed E-state index contributed by atoms with van der Waals surface area (Å²) in [6.07, 6.45) is -2.81. The van der Waals surface area contributed by atoms with Crippen molar-refractivity contribution >= 4 is 17.5 Å². The number of hydrogen-bond donors (Lipinski definition) is 1. The van der Waals surface area contributed by atoms with Crippen LogP contribution in [-0.4, -0.2) is 41.5 Å². The van der Waals surface area contributed by atoms with Gasteiger partial charge in [0.1, 0.15) is 0 Å². The number of nitrogens with one attached hydrogen (secondary N) is 1. The second kappa shape index (κ2) is 6.37. The molecule has 2 heterocycles. The predicted octanol–water partition coefficient (Wildman–Crippen LogP) is 2.47. The van der Waals surface area contributed by atoms with E-state index in [2.05, 4.69) is 20.5 Å². The van der Waals surface area contributed by atoms with Crippen LogP contribution in [0.15, 0.2) is 30.5 Å². The zero-order valence-electron chi connectivity index (χ0n) is 12.0. The first kappa shape index (κ1) is 15.5. The number of alkyl halides is 3. The molecule has 3 rings (SSSR count). The van der Waals surface area contributed by atoms with E-state index in [1.54, 1.807) is 6.20 Å². The van der Waals surface area contributed by atoms with E-state index in [1.165, 1.54) is 12.1 Å². The van der Waals surface area contributed by atoms with Gasteiger partial charge in [0.25, 0.3) is 0 Å². The van der Waals surface area contributed by atoms with E-state index in [4.69, 9.17) is 4.74 Å². The summed E-state index contributed by atoms with van der Waals surface area (Å²) in [5.74, 6) is 0.881. The Bertz CT molecular complexity index is 656. The van der Waals surface area contributed by atoms with E-state index < -0.39 is 11.7 Å². The largest absolute Gasteiger partial charge is 0.416 e. The zero-order chi connectivity index (χ0) is 16.3. The monoisotopic (exact) mass is 325 g/mol. The summed E-state index contributed by atoms with van der Waals surface area (Å²) < 4.78 is 42.9. The molecule has 0 radical (unpaired) electrons. The van der Waals surface area contributed by atoms with Crippen molar-refractivity contribution in [3.8, 4) is 0 Å². The molecule has 1 fully saturated rings. The van der Waals surface area contributed by atoms with Crippen LogP contribution in [0.1, 0.15) is 5.56 Å². The lowest BCUT2D eigenvalue weighted by atomic mass is 10.2. The van der Waals surface area contributed by atoms with Crippen molar-refractivity contribution in [1.29, 1.82) is 0 Å². The lowest BCUT2D eigenvalue weighted by Gasteiger charge is -2.27. The Labute approximate surface area is 130 Å². The topological polar surface area (TPSA) is 63.2 Å². The van der Waals surface area contributed by atoms with E-state index in [1.807, 2.05) is 4.90 Å². The average molecular weight is 325 g/mol. The first-order chi connectivity index (χ1) is 11.0.